The van der Waals surface area contributed by atoms with Crippen LogP contribution in [0.4, 0.5) is 5.69 Å². The third kappa shape index (κ3) is 2.50. The molecule has 1 N–H and O–H groups in total. The Morgan fingerprint density at radius 3 is 2.40 bits per heavy atom. The standard InChI is InChI=1S/C13H12ClN3O3/c1-8-6-7-9(2)16(8)15-13(18)10-4-3-5-11(14)12(10)17(19)20/h3-7H,1-2H3,(H,15,18). The monoisotopic (exact) mass is 293 g/mol. The molecule has 0 fully saturated rings. The molecule has 20 heavy (non-hydrogen) atoms. The zero-order chi connectivity index (χ0) is 14.9. The molecule has 1 heterocycles. The number of para-hydroxylation sites is 1. The van der Waals surface area contributed by atoms with Crippen LogP contribution in [0.15, 0.2) is 30.3 Å². The number of carbonyl (C=O) groups is 1. The van der Waals surface area contributed by atoms with Crippen LogP contribution in [0.3, 0.4) is 0 Å². The molecule has 0 radical (unpaired) electrons. The van der Waals surface area contributed by atoms with Gasteiger partial charge in [-0.15, -0.1) is 0 Å². The van der Waals surface area contributed by atoms with Crippen LogP contribution >= 0.6 is 11.6 Å². The molecule has 104 valence electrons. The van der Waals surface area contributed by atoms with Crippen LogP contribution in [0.5, 0.6) is 0 Å². The number of aryl methyl sites for hydroxylation is 2. The maximum Gasteiger partial charge on any atom is 0.300 e. The Labute approximate surface area is 120 Å². The van der Waals surface area contributed by atoms with Crippen LogP contribution in [0.25, 0.3) is 0 Å². The van der Waals surface area contributed by atoms with Gasteiger partial charge in [0.15, 0.2) is 0 Å². The van der Waals surface area contributed by atoms with Crippen molar-refractivity contribution in [1.29, 1.82) is 0 Å². The van der Waals surface area contributed by atoms with Crippen molar-refractivity contribution in [2.45, 2.75) is 13.8 Å². The SMILES string of the molecule is Cc1ccc(C)n1NC(=O)c1cccc(Cl)c1[N+](=O)[O-]. The number of halogens is 1. The number of nitrogens with zero attached hydrogens (tertiary/aromatic N) is 2. The Balaban J connectivity index is 2.40. The number of rotatable bonds is 3. The van der Waals surface area contributed by atoms with Gasteiger partial charge in [-0.05, 0) is 38.1 Å². The van der Waals surface area contributed by atoms with Crippen molar-refractivity contribution in [3.05, 3.63) is 62.4 Å². The number of nitro benzene ring substituents is 1. The number of carbonyl (C=O) groups excluding carboxylic acids is 1. The summed E-state index contributed by atoms with van der Waals surface area (Å²) in [6.07, 6.45) is 0. The number of aromatic nitrogens is 1. The van der Waals surface area contributed by atoms with Gasteiger partial charge in [-0.2, -0.15) is 0 Å². The van der Waals surface area contributed by atoms with Gasteiger partial charge in [0.1, 0.15) is 10.6 Å². The highest BCUT2D eigenvalue weighted by atomic mass is 35.5. The number of hydrogen-bond donors (Lipinski definition) is 1. The fraction of sp³-hybridized carbons (Fsp3) is 0.154. The molecule has 0 saturated heterocycles. The molecule has 1 aromatic carbocycles. The molecular formula is C13H12ClN3O3. The smallest absolute Gasteiger partial charge is 0.267 e. The van der Waals surface area contributed by atoms with Crippen LogP contribution in [0.2, 0.25) is 5.02 Å². The summed E-state index contributed by atoms with van der Waals surface area (Å²) >= 11 is 5.78. The van der Waals surface area contributed by atoms with Crippen molar-refractivity contribution >= 4 is 23.2 Å². The molecule has 0 spiro atoms. The molecule has 6 nitrogen and oxygen atoms in total. The average Bonchev–Trinajstić information content (AvgIpc) is 2.69. The van der Waals surface area contributed by atoms with Gasteiger partial charge in [0.05, 0.1) is 4.92 Å². The number of hydrogen-bond acceptors (Lipinski definition) is 3. The van der Waals surface area contributed by atoms with Gasteiger partial charge in [0.2, 0.25) is 0 Å². The maximum atomic E-state index is 12.2. The molecule has 2 aromatic rings. The van der Waals surface area contributed by atoms with Crippen LogP contribution in [0.1, 0.15) is 21.7 Å². The number of amides is 1. The van der Waals surface area contributed by atoms with Gasteiger partial charge < -0.3 is 0 Å². The average molecular weight is 294 g/mol. The van der Waals surface area contributed by atoms with E-state index in [9.17, 15) is 14.9 Å². The summed E-state index contributed by atoms with van der Waals surface area (Å²) in [5.74, 6) is -0.582. The van der Waals surface area contributed by atoms with Crippen LogP contribution in [-0.4, -0.2) is 15.5 Å². The van der Waals surface area contributed by atoms with E-state index in [1.54, 1.807) is 4.68 Å². The molecule has 7 heteroatoms. The van der Waals surface area contributed by atoms with E-state index in [4.69, 9.17) is 11.6 Å². The lowest BCUT2D eigenvalue weighted by atomic mass is 10.1. The molecule has 0 atom stereocenters. The predicted molar refractivity (Wildman–Crippen MR) is 75.7 cm³/mol. The van der Waals surface area contributed by atoms with Crippen molar-refractivity contribution < 1.29 is 9.72 Å². The van der Waals surface area contributed by atoms with E-state index in [2.05, 4.69) is 5.43 Å². The summed E-state index contributed by atoms with van der Waals surface area (Å²) in [6, 6.07) is 7.92. The third-order valence-corrected chi connectivity index (χ3v) is 3.20. The first kappa shape index (κ1) is 14.1. The third-order valence-electron chi connectivity index (χ3n) is 2.90. The number of nitro groups is 1. The molecule has 2 rings (SSSR count). The highest BCUT2D eigenvalue weighted by Gasteiger charge is 2.24. The van der Waals surface area contributed by atoms with Crippen molar-refractivity contribution in [3.63, 3.8) is 0 Å². The van der Waals surface area contributed by atoms with Gasteiger partial charge in [-0.25, -0.2) is 0 Å². The van der Waals surface area contributed by atoms with E-state index < -0.39 is 16.5 Å². The van der Waals surface area contributed by atoms with Gasteiger partial charge in [-0.1, -0.05) is 17.7 Å². The lowest BCUT2D eigenvalue weighted by molar-refractivity contribution is -0.385. The van der Waals surface area contributed by atoms with E-state index in [1.807, 2.05) is 26.0 Å². The van der Waals surface area contributed by atoms with E-state index in [1.165, 1.54) is 18.2 Å². The summed E-state index contributed by atoms with van der Waals surface area (Å²) < 4.78 is 1.56. The van der Waals surface area contributed by atoms with Gasteiger partial charge in [0.25, 0.3) is 5.91 Å². The molecule has 0 saturated carbocycles. The van der Waals surface area contributed by atoms with Crippen molar-refractivity contribution in [3.8, 4) is 0 Å². The zero-order valence-electron chi connectivity index (χ0n) is 10.9. The Morgan fingerprint density at radius 2 is 1.85 bits per heavy atom. The number of benzene rings is 1. The summed E-state index contributed by atoms with van der Waals surface area (Å²) in [5.41, 5.74) is 3.78. The van der Waals surface area contributed by atoms with Crippen LogP contribution in [0, 0.1) is 24.0 Å². The molecule has 0 bridgehead atoms. The van der Waals surface area contributed by atoms with E-state index in [-0.39, 0.29) is 10.6 Å². The minimum atomic E-state index is -0.660. The summed E-state index contributed by atoms with van der Waals surface area (Å²) in [7, 11) is 0. The van der Waals surface area contributed by atoms with Gasteiger partial charge >= 0.3 is 5.69 Å². The molecule has 1 amide bonds. The minimum Gasteiger partial charge on any atom is -0.267 e. The normalized spacial score (nSPS) is 10.3. The Bertz CT molecular complexity index is 675. The molecule has 0 unspecified atom stereocenters. The second-order valence-electron chi connectivity index (χ2n) is 4.29. The first-order chi connectivity index (χ1) is 9.41. The first-order valence-electron chi connectivity index (χ1n) is 5.81. The predicted octanol–water partition coefficient (Wildman–Crippen LogP) is 3.05. The highest BCUT2D eigenvalue weighted by Crippen LogP contribution is 2.28. The van der Waals surface area contributed by atoms with Gasteiger partial charge in [-0.3, -0.25) is 25.0 Å². The fourth-order valence-corrected chi connectivity index (χ4v) is 2.13. The second-order valence-corrected chi connectivity index (χ2v) is 4.69. The molecule has 0 aliphatic rings. The Hall–Kier alpha value is -2.34. The minimum absolute atomic E-state index is 0.0661. The quantitative estimate of drug-likeness (QED) is 0.698. The molecular weight excluding hydrogens is 282 g/mol. The highest BCUT2D eigenvalue weighted by molar-refractivity contribution is 6.33. The maximum absolute atomic E-state index is 12.2. The fourth-order valence-electron chi connectivity index (χ4n) is 1.89. The first-order valence-corrected chi connectivity index (χ1v) is 6.19. The Morgan fingerprint density at radius 1 is 1.25 bits per heavy atom. The van der Waals surface area contributed by atoms with E-state index >= 15 is 0 Å². The van der Waals surface area contributed by atoms with E-state index in [0.29, 0.717) is 0 Å². The molecule has 1 aromatic heterocycles. The van der Waals surface area contributed by atoms with Crippen molar-refractivity contribution in [1.82, 2.24) is 4.68 Å². The second kappa shape index (κ2) is 5.34. The lowest BCUT2D eigenvalue weighted by Crippen LogP contribution is -2.25. The van der Waals surface area contributed by atoms with Gasteiger partial charge in [0, 0.05) is 11.4 Å². The topological polar surface area (TPSA) is 77.2 Å². The molecule has 0 aliphatic carbocycles. The molecule has 0 aliphatic heterocycles. The van der Waals surface area contributed by atoms with Crippen LogP contribution in [-0.2, 0) is 0 Å². The summed E-state index contributed by atoms with van der Waals surface area (Å²) in [6.45, 7) is 3.64. The van der Waals surface area contributed by atoms with E-state index in [0.717, 1.165) is 11.4 Å². The number of nitrogens with one attached hydrogen (secondary N) is 1. The largest absolute Gasteiger partial charge is 0.300 e. The Kier molecular flexibility index (Phi) is 3.76. The zero-order valence-corrected chi connectivity index (χ0v) is 11.6. The van der Waals surface area contributed by atoms with Crippen molar-refractivity contribution in [2.24, 2.45) is 0 Å². The van der Waals surface area contributed by atoms with Crippen molar-refractivity contribution in [2.75, 3.05) is 5.43 Å². The van der Waals surface area contributed by atoms with Crippen LogP contribution < -0.4 is 5.43 Å². The lowest BCUT2D eigenvalue weighted by Gasteiger charge is -2.11. The summed E-state index contributed by atoms with van der Waals surface area (Å²) in [4.78, 5) is 22.6. The summed E-state index contributed by atoms with van der Waals surface area (Å²) in [5, 5.41) is 11.0.